The molecule has 21 heavy (non-hydrogen) atoms. The first-order valence-electron chi connectivity index (χ1n) is 8.50. The summed E-state index contributed by atoms with van der Waals surface area (Å²) < 4.78 is 11.5. The van der Waals surface area contributed by atoms with Crippen LogP contribution in [0.4, 0.5) is 4.79 Å². The summed E-state index contributed by atoms with van der Waals surface area (Å²) in [4.78, 5) is 14.4. The van der Waals surface area contributed by atoms with Gasteiger partial charge < -0.3 is 19.7 Å². The van der Waals surface area contributed by atoms with Crippen LogP contribution in [-0.4, -0.2) is 49.1 Å². The average Bonchev–Trinajstić information content (AvgIpc) is 2.82. The maximum Gasteiger partial charge on any atom is 0.317 e. The number of ether oxygens (including phenoxy) is 2. The molecule has 0 bridgehead atoms. The van der Waals surface area contributed by atoms with Crippen LogP contribution >= 0.6 is 0 Å². The zero-order valence-corrected chi connectivity index (χ0v) is 13.1. The van der Waals surface area contributed by atoms with E-state index < -0.39 is 0 Å². The molecule has 5 nitrogen and oxygen atoms in total. The SMILES string of the molecule is CC1CCCN(C(=O)NC2CCC3(CC2)OCCO3)CC1. The summed E-state index contributed by atoms with van der Waals surface area (Å²) in [5, 5.41) is 3.21. The molecule has 1 N–H and O–H groups in total. The van der Waals surface area contributed by atoms with Gasteiger partial charge in [-0.05, 0) is 38.0 Å². The number of amides is 2. The zero-order valence-electron chi connectivity index (χ0n) is 13.1. The molecule has 1 atom stereocenters. The van der Waals surface area contributed by atoms with Crippen molar-refractivity contribution in [1.82, 2.24) is 10.2 Å². The first-order chi connectivity index (χ1) is 10.2. The van der Waals surface area contributed by atoms with Crippen molar-refractivity contribution in [2.75, 3.05) is 26.3 Å². The van der Waals surface area contributed by atoms with Crippen LogP contribution in [0.1, 0.15) is 51.9 Å². The standard InChI is InChI=1S/C16H28N2O3/c1-13-3-2-9-18(10-6-13)15(19)17-14-4-7-16(8-5-14)20-11-12-21-16/h13-14H,2-12H2,1H3,(H,17,19). The molecule has 1 spiro atoms. The Morgan fingerprint density at radius 2 is 1.81 bits per heavy atom. The second kappa shape index (κ2) is 6.53. The summed E-state index contributed by atoms with van der Waals surface area (Å²) in [7, 11) is 0. The molecular weight excluding hydrogens is 268 g/mol. The molecule has 120 valence electrons. The number of rotatable bonds is 1. The minimum atomic E-state index is -0.334. The van der Waals surface area contributed by atoms with Gasteiger partial charge in [-0.3, -0.25) is 0 Å². The van der Waals surface area contributed by atoms with Crippen molar-refractivity contribution in [2.24, 2.45) is 5.92 Å². The molecule has 1 aliphatic carbocycles. The average molecular weight is 296 g/mol. The Labute approximate surface area is 127 Å². The summed E-state index contributed by atoms with van der Waals surface area (Å²) >= 11 is 0. The van der Waals surface area contributed by atoms with Gasteiger partial charge in [0.05, 0.1) is 13.2 Å². The fourth-order valence-corrected chi connectivity index (χ4v) is 3.72. The van der Waals surface area contributed by atoms with Crippen LogP contribution in [0.3, 0.4) is 0 Å². The summed E-state index contributed by atoms with van der Waals surface area (Å²) in [5.74, 6) is 0.410. The molecular formula is C16H28N2O3. The molecule has 2 saturated heterocycles. The number of nitrogens with one attached hydrogen (secondary N) is 1. The molecule has 3 aliphatic rings. The Balaban J connectivity index is 1.45. The van der Waals surface area contributed by atoms with Gasteiger partial charge in [0.1, 0.15) is 0 Å². The van der Waals surface area contributed by atoms with Crippen molar-refractivity contribution in [3.63, 3.8) is 0 Å². The van der Waals surface area contributed by atoms with Crippen molar-refractivity contribution in [3.05, 3.63) is 0 Å². The van der Waals surface area contributed by atoms with Crippen molar-refractivity contribution in [2.45, 2.75) is 63.7 Å². The third-order valence-corrected chi connectivity index (χ3v) is 5.19. The van der Waals surface area contributed by atoms with Crippen molar-refractivity contribution in [3.8, 4) is 0 Å². The number of nitrogens with zero attached hydrogens (tertiary/aromatic N) is 1. The molecule has 1 saturated carbocycles. The first-order valence-corrected chi connectivity index (χ1v) is 8.50. The van der Waals surface area contributed by atoms with Gasteiger partial charge in [-0.25, -0.2) is 4.79 Å². The summed E-state index contributed by atoms with van der Waals surface area (Å²) in [6.07, 6.45) is 7.20. The molecule has 0 radical (unpaired) electrons. The minimum Gasteiger partial charge on any atom is -0.348 e. The summed E-state index contributed by atoms with van der Waals surface area (Å²) in [5.41, 5.74) is 0. The largest absolute Gasteiger partial charge is 0.348 e. The summed E-state index contributed by atoms with van der Waals surface area (Å²) in [6.45, 7) is 5.50. The molecule has 2 aliphatic heterocycles. The number of hydrogen-bond donors (Lipinski definition) is 1. The second-order valence-electron chi connectivity index (χ2n) is 6.85. The predicted molar refractivity (Wildman–Crippen MR) is 80.0 cm³/mol. The number of hydrogen-bond acceptors (Lipinski definition) is 3. The van der Waals surface area contributed by atoms with E-state index in [0.29, 0.717) is 13.2 Å². The van der Waals surface area contributed by atoms with E-state index in [-0.39, 0.29) is 17.9 Å². The lowest BCUT2D eigenvalue weighted by Gasteiger charge is -2.36. The zero-order chi connectivity index (χ0) is 14.7. The fourth-order valence-electron chi connectivity index (χ4n) is 3.72. The van der Waals surface area contributed by atoms with Gasteiger partial charge in [-0.2, -0.15) is 0 Å². The highest BCUT2D eigenvalue weighted by Gasteiger charge is 2.40. The Kier molecular flexibility index (Phi) is 4.69. The van der Waals surface area contributed by atoms with E-state index in [1.165, 1.54) is 6.42 Å². The Hall–Kier alpha value is -0.810. The predicted octanol–water partition coefficient (Wildman–Crippen LogP) is 2.50. The van der Waals surface area contributed by atoms with E-state index in [2.05, 4.69) is 12.2 Å². The molecule has 3 rings (SSSR count). The van der Waals surface area contributed by atoms with E-state index in [1.54, 1.807) is 0 Å². The van der Waals surface area contributed by atoms with Crippen molar-refractivity contribution in [1.29, 1.82) is 0 Å². The number of carbonyl (C=O) groups excluding carboxylic acids is 1. The van der Waals surface area contributed by atoms with Gasteiger partial charge in [-0.15, -0.1) is 0 Å². The highest BCUT2D eigenvalue weighted by atomic mass is 16.7. The van der Waals surface area contributed by atoms with Crippen LogP contribution in [0, 0.1) is 5.92 Å². The van der Waals surface area contributed by atoms with Crippen LogP contribution in [0.15, 0.2) is 0 Å². The van der Waals surface area contributed by atoms with E-state index in [1.807, 2.05) is 4.90 Å². The third kappa shape index (κ3) is 3.69. The normalized spacial score (nSPS) is 30.3. The Bertz CT molecular complexity index is 359. The number of likely N-dealkylation sites (tertiary alicyclic amines) is 1. The van der Waals surface area contributed by atoms with Crippen molar-refractivity contribution >= 4 is 6.03 Å². The van der Waals surface area contributed by atoms with Crippen LogP contribution in [-0.2, 0) is 9.47 Å². The lowest BCUT2D eigenvalue weighted by atomic mass is 9.90. The first kappa shape index (κ1) is 15.1. The molecule has 0 aromatic heterocycles. The van der Waals surface area contributed by atoms with E-state index in [9.17, 15) is 4.79 Å². The molecule has 1 unspecified atom stereocenters. The smallest absolute Gasteiger partial charge is 0.317 e. The lowest BCUT2D eigenvalue weighted by molar-refractivity contribution is -0.179. The van der Waals surface area contributed by atoms with E-state index in [4.69, 9.17) is 9.47 Å². The van der Waals surface area contributed by atoms with Crippen LogP contribution in [0.25, 0.3) is 0 Å². The van der Waals surface area contributed by atoms with E-state index >= 15 is 0 Å². The molecule has 2 heterocycles. The quantitative estimate of drug-likeness (QED) is 0.809. The van der Waals surface area contributed by atoms with Gasteiger partial charge in [0.25, 0.3) is 0 Å². The maximum absolute atomic E-state index is 12.4. The maximum atomic E-state index is 12.4. The fraction of sp³-hybridized carbons (Fsp3) is 0.938. The molecule has 5 heteroatoms. The van der Waals surface area contributed by atoms with Gasteiger partial charge >= 0.3 is 6.03 Å². The van der Waals surface area contributed by atoms with Crippen LogP contribution in [0.5, 0.6) is 0 Å². The van der Waals surface area contributed by atoms with Gasteiger partial charge in [0.15, 0.2) is 5.79 Å². The number of urea groups is 1. The molecule has 0 aromatic carbocycles. The molecule has 2 amide bonds. The van der Waals surface area contributed by atoms with Crippen LogP contribution in [0.2, 0.25) is 0 Å². The molecule has 0 aromatic rings. The van der Waals surface area contributed by atoms with Gasteiger partial charge in [0, 0.05) is 32.0 Å². The van der Waals surface area contributed by atoms with Gasteiger partial charge in [0.2, 0.25) is 0 Å². The highest BCUT2D eigenvalue weighted by molar-refractivity contribution is 5.74. The third-order valence-electron chi connectivity index (χ3n) is 5.19. The summed E-state index contributed by atoms with van der Waals surface area (Å²) in [6, 6.07) is 0.398. The molecule has 3 fully saturated rings. The Morgan fingerprint density at radius 3 is 2.52 bits per heavy atom. The minimum absolute atomic E-state index is 0.123. The monoisotopic (exact) mass is 296 g/mol. The lowest BCUT2D eigenvalue weighted by Crippen LogP contribution is -2.48. The van der Waals surface area contributed by atoms with Crippen LogP contribution < -0.4 is 5.32 Å². The van der Waals surface area contributed by atoms with Crippen molar-refractivity contribution < 1.29 is 14.3 Å². The van der Waals surface area contributed by atoms with Gasteiger partial charge in [-0.1, -0.05) is 6.92 Å². The Morgan fingerprint density at radius 1 is 1.10 bits per heavy atom. The van der Waals surface area contributed by atoms with E-state index in [0.717, 1.165) is 57.5 Å². The highest BCUT2D eigenvalue weighted by Crippen LogP contribution is 2.35. The second-order valence-corrected chi connectivity index (χ2v) is 6.85. The topological polar surface area (TPSA) is 50.8 Å². The number of carbonyl (C=O) groups is 1.